The van der Waals surface area contributed by atoms with Crippen LogP contribution in [0.4, 0.5) is 0 Å². The molecule has 0 unspecified atom stereocenters. The lowest BCUT2D eigenvalue weighted by Gasteiger charge is -2.32. The average molecular weight is 323 g/mol. The summed E-state index contributed by atoms with van der Waals surface area (Å²) in [6.45, 7) is 6.72. The normalized spacial score (nSPS) is 24.1. The second-order valence-corrected chi connectivity index (χ2v) is 8.54. The lowest BCUT2D eigenvalue weighted by atomic mass is 9.73. The van der Waals surface area contributed by atoms with Crippen LogP contribution in [0.15, 0.2) is 0 Å². The van der Waals surface area contributed by atoms with Crippen LogP contribution >= 0.6 is 0 Å². The molecule has 23 heavy (non-hydrogen) atoms. The van der Waals surface area contributed by atoms with Gasteiger partial charge in [0.2, 0.25) is 0 Å². The Hall–Kier alpha value is 0. The molecule has 0 aromatic rings. The molecule has 0 radical (unpaired) electrons. The molecule has 0 heteroatoms. The van der Waals surface area contributed by atoms with Crippen molar-refractivity contribution in [3.8, 4) is 0 Å². The van der Waals surface area contributed by atoms with E-state index in [1.165, 1.54) is 83.5 Å². The molecule has 0 aromatic heterocycles. The minimum Gasteiger partial charge on any atom is -0.0654 e. The molecule has 0 saturated heterocycles. The molecule has 3 rings (SSSR count). The highest BCUT2D eigenvalue weighted by atomic mass is 14.3. The first-order valence-electron chi connectivity index (χ1n) is 11.3. The van der Waals surface area contributed by atoms with Gasteiger partial charge in [0.1, 0.15) is 0 Å². The van der Waals surface area contributed by atoms with E-state index in [4.69, 9.17) is 0 Å². The van der Waals surface area contributed by atoms with Crippen molar-refractivity contribution in [2.24, 2.45) is 17.8 Å². The van der Waals surface area contributed by atoms with Gasteiger partial charge in [-0.25, -0.2) is 0 Å². The fraction of sp³-hybridized carbons (Fsp3) is 1.00. The topological polar surface area (TPSA) is 0 Å². The van der Waals surface area contributed by atoms with Crippen molar-refractivity contribution in [3.63, 3.8) is 0 Å². The maximum Gasteiger partial charge on any atom is -0.0386 e. The average Bonchev–Trinajstić information content (AvgIpc) is 2.65. The van der Waals surface area contributed by atoms with Crippen LogP contribution in [0.2, 0.25) is 0 Å². The number of rotatable bonds is 2. The van der Waals surface area contributed by atoms with Crippen LogP contribution in [0.25, 0.3) is 0 Å². The van der Waals surface area contributed by atoms with Gasteiger partial charge in [-0.05, 0) is 17.8 Å². The summed E-state index contributed by atoms with van der Waals surface area (Å²) in [6, 6.07) is 0. The van der Waals surface area contributed by atoms with Gasteiger partial charge in [-0.15, -0.1) is 0 Å². The summed E-state index contributed by atoms with van der Waals surface area (Å²) in [7, 11) is 0. The molecular formula is C23H46. The molecule has 0 atom stereocenters. The highest BCUT2D eigenvalue weighted by molar-refractivity contribution is 4.76. The van der Waals surface area contributed by atoms with E-state index in [2.05, 4.69) is 20.8 Å². The van der Waals surface area contributed by atoms with Crippen LogP contribution in [-0.4, -0.2) is 0 Å². The third kappa shape index (κ3) is 10.5. The molecule has 0 heterocycles. The SMILES string of the molecule is C1CCC(C2CCCCC2)CC1.CC1CCCCC1.CCCC. The molecule has 138 valence electrons. The van der Waals surface area contributed by atoms with E-state index in [0.29, 0.717) is 0 Å². The second kappa shape index (κ2) is 14.4. The highest BCUT2D eigenvalue weighted by Gasteiger charge is 2.24. The van der Waals surface area contributed by atoms with Gasteiger partial charge in [0, 0.05) is 0 Å². The van der Waals surface area contributed by atoms with Gasteiger partial charge in [-0.2, -0.15) is 0 Å². The van der Waals surface area contributed by atoms with Gasteiger partial charge >= 0.3 is 0 Å². The molecular weight excluding hydrogens is 276 g/mol. The van der Waals surface area contributed by atoms with Gasteiger partial charge < -0.3 is 0 Å². The Morgan fingerprint density at radius 1 is 0.478 bits per heavy atom. The minimum absolute atomic E-state index is 1.04. The third-order valence-corrected chi connectivity index (χ3v) is 6.36. The molecule has 0 spiro atoms. The quantitative estimate of drug-likeness (QED) is 0.477. The Balaban J connectivity index is 0.000000204. The molecule has 0 aromatic carbocycles. The van der Waals surface area contributed by atoms with Crippen LogP contribution in [-0.2, 0) is 0 Å². The van der Waals surface area contributed by atoms with Crippen LogP contribution < -0.4 is 0 Å². The first kappa shape index (κ1) is 21.0. The molecule has 3 saturated carbocycles. The van der Waals surface area contributed by atoms with Crippen LogP contribution in [0.5, 0.6) is 0 Å². The van der Waals surface area contributed by atoms with E-state index in [0.717, 1.165) is 17.8 Å². The number of unbranched alkanes of at least 4 members (excludes halogenated alkanes) is 1. The Labute approximate surface area is 148 Å². The maximum absolute atomic E-state index is 2.36. The van der Waals surface area contributed by atoms with Gasteiger partial charge in [-0.1, -0.05) is 130 Å². The zero-order valence-electron chi connectivity index (χ0n) is 16.8. The van der Waals surface area contributed by atoms with Crippen molar-refractivity contribution in [1.82, 2.24) is 0 Å². The van der Waals surface area contributed by atoms with E-state index >= 15 is 0 Å². The van der Waals surface area contributed by atoms with Crippen LogP contribution in [0.1, 0.15) is 130 Å². The van der Waals surface area contributed by atoms with Gasteiger partial charge in [-0.3, -0.25) is 0 Å². The van der Waals surface area contributed by atoms with Crippen molar-refractivity contribution in [3.05, 3.63) is 0 Å². The van der Waals surface area contributed by atoms with Crippen molar-refractivity contribution in [1.29, 1.82) is 0 Å². The summed E-state index contributed by atoms with van der Waals surface area (Å²) in [5.41, 5.74) is 0. The first-order valence-corrected chi connectivity index (χ1v) is 11.3. The van der Waals surface area contributed by atoms with Gasteiger partial charge in [0.15, 0.2) is 0 Å². The summed E-state index contributed by atoms with van der Waals surface area (Å²) in [6.07, 6.45) is 25.5. The third-order valence-electron chi connectivity index (χ3n) is 6.36. The van der Waals surface area contributed by atoms with E-state index in [-0.39, 0.29) is 0 Å². The van der Waals surface area contributed by atoms with Gasteiger partial charge in [0.25, 0.3) is 0 Å². The lowest BCUT2D eigenvalue weighted by Crippen LogP contribution is -2.20. The smallest absolute Gasteiger partial charge is 0.0386 e. The summed E-state index contributed by atoms with van der Waals surface area (Å²) in [5.74, 6) is 3.31. The fourth-order valence-electron chi connectivity index (χ4n) is 4.52. The van der Waals surface area contributed by atoms with Crippen molar-refractivity contribution < 1.29 is 0 Å². The molecule has 0 amide bonds. The van der Waals surface area contributed by atoms with Crippen LogP contribution in [0, 0.1) is 17.8 Å². The van der Waals surface area contributed by atoms with E-state index in [9.17, 15) is 0 Å². The summed E-state index contributed by atoms with van der Waals surface area (Å²) < 4.78 is 0. The molecule has 0 N–H and O–H groups in total. The molecule has 3 aliphatic rings. The van der Waals surface area contributed by atoms with E-state index < -0.39 is 0 Å². The number of hydrogen-bond donors (Lipinski definition) is 0. The number of hydrogen-bond acceptors (Lipinski definition) is 0. The molecule has 3 fully saturated rings. The summed E-state index contributed by atoms with van der Waals surface area (Å²) in [5, 5.41) is 0. The summed E-state index contributed by atoms with van der Waals surface area (Å²) >= 11 is 0. The standard InChI is InChI=1S/C12H22.C7H14.C4H10/c1-3-7-11(8-4-1)12-9-5-2-6-10-12;1-7-5-3-2-4-6-7;1-3-4-2/h11-12H,1-10H2;7H,2-6H2,1H3;3-4H2,1-2H3. The molecule has 0 aliphatic heterocycles. The maximum atomic E-state index is 2.36. The lowest BCUT2D eigenvalue weighted by molar-refractivity contribution is 0.196. The monoisotopic (exact) mass is 322 g/mol. The summed E-state index contributed by atoms with van der Waals surface area (Å²) in [4.78, 5) is 0. The van der Waals surface area contributed by atoms with Crippen molar-refractivity contribution in [2.75, 3.05) is 0 Å². The fourth-order valence-corrected chi connectivity index (χ4v) is 4.52. The first-order chi connectivity index (χ1) is 11.3. The molecule has 0 nitrogen and oxygen atoms in total. The minimum atomic E-state index is 1.04. The predicted octanol–water partition coefficient (Wildman–Crippen LogP) is 8.54. The Kier molecular flexibility index (Phi) is 13.1. The largest absolute Gasteiger partial charge is 0.0654 e. The molecule has 0 bridgehead atoms. The second-order valence-electron chi connectivity index (χ2n) is 8.54. The Morgan fingerprint density at radius 3 is 1.00 bits per heavy atom. The van der Waals surface area contributed by atoms with Crippen molar-refractivity contribution >= 4 is 0 Å². The van der Waals surface area contributed by atoms with E-state index in [1.54, 1.807) is 25.7 Å². The van der Waals surface area contributed by atoms with E-state index in [1.807, 2.05) is 0 Å². The van der Waals surface area contributed by atoms with Gasteiger partial charge in [0.05, 0.1) is 0 Å². The van der Waals surface area contributed by atoms with Crippen LogP contribution in [0.3, 0.4) is 0 Å². The van der Waals surface area contributed by atoms with Crippen molar-refractivity contribution in [2.45, 2.75) is 130 Å². The zero-order chi connectivity index (χ0) is 16.8. The zero-order valence-corrected chi connectivity index (χ0v) is 16.8. The Bertz CT molecular complexity index is 208. The predicted molar refractivity (Wildman–Crippen MR) is 106 cm³/mol. The highest BCUT2D eigenvalue weighted by Crippen LogP contribution is 2.37. The molecule has 3 aliphatic carbocycles. The Morgan fingerprint density at radius 2 is 0.783 bits per heavy atom.